The zero-order chi connectivity index (χ0) is 32.3. The van der Waals surface area contributed by atoms with Gasteiger partial charge in [0.2, 0.25) is 5.95 Å². The van der Waals surface area contributed by atoms with Crippen molar-refractivity contribution in [3.8, 4) is 23.0 Å². The van der Waals surface area contributed by atoms with E-state index in [0.717, 1.165) is 26.1 Å². The van der Waals surface area contributed by atoms with E-state index < -0.39 is 12.1 Å². The van der Waals surface area contributed by atoms with Crippen LogP contribution in [0.25, 0.3) is 0 Å². The first kappa shape index (κ1) is 32.0. The molecule has 12 heteroatoms. The fourth-order valence-electron chi connectivity index (χ4n) is 5.14. The number of carbonyl (C=O) groups excluding carboxylic acids is 1. The minimum atomic E-state index is -1.24. The molecule has 1 aliphatic rings. The molecule has 0 radical (unpaired) electrons. The maximum Gasteiger partial charge on any atom is 0.425 e. The summed E-state index contributed by atoms with van der Waals surface area (Å²) in [6.45, 7) is 3.96. The molecule has 2 N–H and O–H groups in total. The van der Waals surface area contributed by atoms with E-state index in [-0.39, 0.29) is 28.8 Å². The number of hydrogen-bond acceptors (Lipinski definition) is 10. The molecule has 4 aromatic rings. The van der Waals surface area contributed by atoms with Crippen molar-refractivity contribution in [1.82, 2.24) is 14.9 Å². The number of likely N-dealkylation sites (tertiary alicyclic amines) is 1. The summed E-state index contributed by atoms with van der Waals surface area (Å²) in [6, 6.07) is 19.8. The Morgan fingerprint density at radius 2 is 1.74 bits per heavy atom. The zero-order valence-electron chi connectivity index (χ0n) is 25.8. The second-order valence-corrected chi connectivity index (χ2v) is 10.5. The molecule has 240 valence electrons. The van der Waals surface area contributed by atoms with Gasteiger partial charge in [0.05, 0.1) is 26.5 Å². The molecule has 0 unspecified atom stereocenters. The molecule has 5 rings (SSSR count). The first-order valence-electron chi connectivity index (χ1n) is 15.1. The number of amides is 1. The summed E-state index contributed by atoms with van der Waals surface area (Å²) >= 11 is 0. The summed E-state index contributed by atoms with van der Waals surface area (Å²) in [5.41, 5.74) is 0.805. The lowest BCUT2D eigenvalue weighted by Gasteiger charge is -2.26. The number of ether oxygens (including phenoxy) is 4. The van der Waals surface area contributed by atoms with Crippen molar-refractivity contribution in [3.63, 3.8) is 0 Å². The summed E-state index contributed by atoms with van der Waals surface area (Å²) in [6.07, 6.45) is 5.37. The van der Waals surface area contributed by atoms with Crippen LogP contribution >= 0.6 is 0 Å². The molecule has 0 aliphatic carbocycles. The number of methoxy groups -OCH3 is 2. The lowest BCUT2D eigenvalue weighted by Crippen LogP contribution is -2.31. The molecule has 1 saturated heterocycles. The topological polar surface area (TPSA) is 136 Å². The third kappa shape index (κ3) is 8.21. The summed E-state index contributed by atoms with van der Waals surface area (Å²) in [5, 5.41) is 12.8. The number of aromatic nitrogens is 2. The minimum Gasteiger partial charge on any atom is -0.497 e. The van der Waals surface area contributed by atoms with E-state index in [0.29, 0.717) is 29.5 Å². The van der Waals surface area contributed by atoms with Gasteiger partial charge in [-0.05, 0) is 68.8 Å². The number of piperidine rings is 1. The Balaban J connectivity index is 1.37. The normalized spacial score (nSPS) is 13.0. The smallest absolute Gasteiger partial charge is 0.425 e. The van der Waals surface area contributed by atoms with Gasteiger partial charge in [0, 0.05) is 36.6 Å². The molecule has 0 saturated carbocycles. The number of nitrogens with one attached hydrogen (secondary N) is 1. The maximum absolute atomic E-state index is 13.8. The molecule has 2 heterocycles. The van der Waals surface area contributed by atoms with Crippen LogP contribution in [-0.4, -0.2) is 72.5 Å². The fourth-order valence-corrected chi connectivity index (χ4v) is 5.14. The lowest BCUT2D eigenvalue weighted by molar-refractivity contribution is 0.0694. The Morgan fingerprint density at radius 3 is 2.52 bits per heavy atom. The number of aromatic carboxylic acids is 1. The van der Waals surface area contributed by atoms with Crippen LogP contribution in [0.4, 0.5) is 27.9 Å². The Hall–Kier alpha value is -5.36. The maximum atomic E-state index is 13.8. The van der Waals surface area contributed by atoms with Crippen molar-refractivity contribution in [1.29, 1.82) is 0 Å². The third-order valence-corrected chi connectivity index (χ3v) is 7.42. The van der Waals surface area contributed by atoms with Gasteiger partial charge in [-0.15, -0.1) is 0 Å². The van der Waals surface area contributed by atoms with Crippen LogP contribution in [0.2, 0.25) is 0 Å². The Kier molecular flexibility index (Phi) is 10.9. The van der Waals surface area contributed by atoms with Crippen LogP contribution in [0.1, 0.15) is 36.0 Å². The standard InChI is InChI=1S/C34H37N5O7/c1-43-25-14-15-28(30(23-25)44-2)39(34(42)46-29-13-5-4-12-27(29)32(40)41)31-16-17-35-33(37-31)36-24-10-8-11-26(22-24)45-21-9-20-38-18-6-3-7-19-38/h4-5,8,10-17,22-23H,3,6-7,9,18-21H2,1-2H3,(H,40,41)(H,35,36,37). The average molecular weight is 628 g/mol. The lowest BCUT2D eigenvalue weighted by atomic mass is 10.1. The zero-order valence-corrected chi connectivity index (χ0v) is 25.8. The van der Waals surface area contributed by atoms with Gasteiger partial charge in [-0.1, -0.05) is 24.6 Å². The molecule has 1 aromatic heterocycles. The molecule has 0 spiro atoms. The van der Waals surface area contributed by atoms with Crippen molar-refractivity contribution < 1.29 is 33.6 Å². The second-order valence-electron chi connectivity index (χ2n) is 10.5. The molecule has 1 amide bonds. The molecule has 0 atom stereocenters. The van der Waals surface area contributed by atoms with Crippen molar-refractivity contribution in [2.24, 2.45) is 0 Å². The Labute approximate surface area is 267 Å². The summed E-state index contributed by atoms with van der Waals surface area (Å²) in [4.78, 5) is 38.2. The number of para-hydroxylation sites is 1. The first-order chi connectivity index (χ1) is 22.4. The van der Waals surface area contributed by atoms with Crippen LogP contribution in [0.15, 0.2) is 79.0 Å². The molecular formula is C34H37N5O7. The van der Waals surface area contributed by atoms with Crippen LogP contribution in [0.5, 0.6) is 23.0 Å². The van der Waals surface area contributed by atoms with Gasteiger partial charge in [0.15, 0.2) is 0 Å². The summed E-state index contributed by atoms with van der Waals surface area (Å²) in [5.74, 6) is 0.492. The molecule has 12 nitrogen and oxygen atoms in total. The van der Waals surface area contributed by atoms with Gasteiger partial charge in [0.25, 0.3) is 0 Å². The van der Waals surface area contributed by atoms with Crippen molar-refractivity contribution in [2.75, 3.05) is 50.7 Å². The number of carboxylic acid groups (broad SMARTS) is 1. The van der Waals surface area contributed by atoms with Crippen LogP contribution in [0.3, 0.4) is 0 Å². The second kappa shape index (κ2) is 15.6. The summed E-state index contributed by atoms with van der Waals surface area (Å²) < 4.78 is 22.5. The number of rotatable bonds is 13. The van der Waals surface area contributed by atoms with Gasteiger partial charge in [-0.3, -0.25) is 0 Å². The Morgan fingerprint density at radius 1 is 0.913 bits per heavy atom. The van der Waals surface area contributed by atoms with Crippen molar-refractivity contribution in [3.05, 3.63) is 84.6 Å². The molecule has 1 aliphatic heterocycles. The van der Waals surface area contributed by atoms with E-state index in [1.165, 1.54) is 62.8 Å². The number of carboxylic acids is 1. The molecule has 3 aromatic carbocycles. The van der Waals surface area contributed by atoms with Crippen LogP contribution in [-0.2, 0) is 0 Å². The minimum absolute atomic E-state index is 0.127. The summed E-state index contributed by atoms with van der Waals surface area (Å²) in [7, 11) is 2.97. The molecule has 1 fully saturated rings. The van der Waals surface area contributed by atoms with E-state index in [9.17, 15) is 14.7 Å². The van der Waals surface area contributed by atoms with E-state index in [4.69, 9.17) is 18.9 Å². The van der Waals surface area contributed by atoms with E-state index in [1.807, 2.05) is 24.3 Å². The molecular weight excluding hydrogens is 590 g/mol. The number of hydrogen-bond donors (Lipinski definition) is 2. The predicted molar refractivity (Wildman–Crippen MR) is 173 cm³/mol. The van der Waals surface area contributed by atoms with E-state index in [1.54, 1.807) is 30.3 Å². The number of nitrogens with zero attached hydrogens (tertiary/aromatic N) is 4. The van der Waals surface area contributed by atoms with Crippen LogP contribution in [0, 0.1) is 0 Å². The number of carbonyl (C=O) groups is 2. The third-order valence-electron chi connectivity index (χ3n) is 7.42. The highest BCUT2D eigenvalue weighted by Crippen LogP contribution is 2.37. The monoisotopic (exact) mass is 627 g/mol. The number of benzene rings is 3. The van der Waals surface area contributed by atoms with Crippen molar-refractivity contribution >= 4 is 35.2 Å². The van der Waals surface area contributed by atoms with Gasteiger partial charge in [0.1, 0.15) is 34.4 Å². The highest BCUT2D eigenvalue weighted by Gasteiger charge is 2.27. The van der Waals surface area contributed by atoms with Gasteiger partial charge >= 0.3 is 12.1 Å². The van der Waals surface area contributed by atoms with Crippen molar-refractivity contribution in [2.45, 2.75) is 25.7 Å². The molecule has 0 bridgehead atoms. The molecule has 46 heavy (non-hydrogen) atoms. The largest absolute Gasteiger partial charge is 0.497 e. The number of anilines is 4. The quantitative estimate of drug-likeness (QED) is 0.157. The van der Waals surface area contributed by atoms with Gasteiger partial charge in [-0.2, -0.15) is 4.98 Å². The van der Waals surface area contributed by atoms with Gasteiger partial charge in [-0.25, -0.2) is 19.5 Å². The van der Waals surface area contributed by atoms with Crippen LogP contribution < -0.4 is 29.2 Å². The van der Waals surface area contributed by atoms with E-state index >= 15 is 0 Å². The highest BCUT2D eigenvalue weighted by molar-refractivity contribution is 5.99. The van der Waals surface area contributed by atoms with E-state index in [2.05, 4.69) is 20.2 Å². The fraction of sp³-hybridized carbons (Fsp3) is 0.294. The average Bonchev–Trinajstić information content (AvgIpc) is 3.08. The highest BCUT2D eigenvalue weighted by atomic mass is 16.6. The SMILES string of the molecule is COc1ccc(N(C(=O)Oc2ccccc2C(=O)O)c2ccnc(Nc3cccc(OCCCN4CCCCC4)c3)n2)c(OC)c1. The predicted octanol–water partition coefficient (Wildman–Crippen LogP) is 6.53. The van der Waals surface area contributed by atoms with Gasteiger partial charge < -0.3 is 34.3 Å². The Bertz CT molecular complexity index is 1640. The first-order valence-corrected chi connectivity index (χ1v) is 15.1.